The van der Waals surface area contributed by atoms with Crippen molar-refractivity contribution in [3.05, 3.63) is 40.4 Å². The number of benzene rings is 1. The average Bonchev–Trinajstić information content (AvgIpc) is 3.12. The molecule has 0 fully saturated rings. The van der Waals surface area contributed by atoms with Crippen LogP contribution in [0.25, 0.3) is 0 Å². The van der Waals surface area contributed by atoms with Gasteiger partial charge in [-0.1, -0.05) is 12.1 Å². The van der Waals surface area contributed by atoms with Crippen molar-refractivity contribution >= 4 is 39.9 Å². The van der Waals surface area contributed by atoms with Gasteiger partial charge in [0.15, 0.2) is 5.13 Å². The first-order chi connectivity index (χ1) is 12.1. The van der Waals surface area contributed by atoms with Gasteiger partial charge in [0.2, 0.25) is 11.8 Å². The van der Waals surface area contributed by atoms with Crippen molar-refractivity contribution in [2.24, 2.45) is 0 Å². The summed E-state index contributed by atoms with van der Waals surface area (Å²) in [5.74, 6) is -1.13. The van der Waals surface area contributed by atoms with Crippen molar-refractivity contribution < 1.29 is 14.4 Å². The molecule has 1 atom stereocenters. The number of rotatable bonds is 3. The number of nitrogens with zero attached hydrogens (tertiary/aromatic N) is 1. The van der Waals surface area contributed by atoms with E-state index >= 15 is 0 Å². The summed E-state index contributed by atoms with van der Waals surface area (Å²) in [7, 11) is 0. The highest BCUT2D eigenvalue weighted by atomic mass is 32.1. The summed E-state index contributed by atoms with van der Waals surface area (Å²) in [5, 5.41) is 8.59. The van der Waals surface area contributed by atoms with E-state index in [-0.39, 0.29) is 18.2 Å². The van der Waals surface area contributed by atoms with Gasteiger partial charge in [-0.3, -0.25) is 14.4 Å². The molecule has 0 unspecified atom stereocenters. The van der Waals surface area contributed by atoms with Crippen molar-refractivity contribution in [1.29, 1.82) is 0 Å². The molecule has 0 spiro atoms. The van der Waals surface area contributed by atoms with Crippen LogP contribution in [0.15, 0.2) is 24.3 Å². The first-order valence-electron chi connectivity index (χ1n) is 8.09. The van der Waals surface area contributed by atoms with Gasteiger partial charge in [0.05, 0.1) is 23.4 Å². The number of carbonyl (C=O) groups is 3. The van der Waals surface area contributed by atoms with E-state index in [1.54, 1.807) is 24.3 Å². The first kappa shape index (κ1) is 15.8. The Labute approximate surface area is 147 Å². The molecule has 0 radical (unpaired) electrons. The largest absolute Gasteiger partial charge is 0.340 e. The molecule has 0 saturated carbocycles. The third kappa shape index (κ3) is 3.12. The Hall–Kier alpha value is -2.74. The maximum Gasteiger partial charge on any atom is 0.254 e. The zero-order valence-corrected chi connectivity index (χ0v) is 14.1. The quantitative estimate of drug-likeness (QED) is 0.779. The molecule has 0 bridgehead atoms. The summed E-state index contributed by atoms with van der Waals surface area (Å²) in [4.78, 5) is 42.4. The van der Waals surface area contributed by atoms with Crippen molar-refractivity contribution in [3.8, 4) is 0 Å². The van der Waals surface area contributed by atoms with Gasteiger partial charge in [-0.2, -0.15) is 0 Å². The summed E-state index contributed by atoms with van der Waals surface area (Å²) < 4.78 is 0. The van der Waals surface area contributed by atoms with Crippen LogP contribution in [0.1, 0.15) is 33.8 Å². The predicted molar refractivity (Wildman–Crippen MR) is 93.7 cm³/mol. The van der Waals surface area contributed by atoms with Crippen LogP contribution in [0.3, 0.4) is 0 Å². The third-order valence-electron chi connectivity index (χ3n) is 4.28. The molecular formula is C17H16N4O3S. The summed E-state index contributed by atoms with van der Waals surface area (Å²) >= 11 is 1.48. The molecule has 8 heteroatoms. The standard InChI is InChI=1S/C17H16N4O3S/c22-14(21-17-20-11-6-3-7-13(11)25-17)8-12-16(24)18-10-5-2-1-4-9(10)15(23)19-12/h1-2,4-5,12H,3,6-8H2,(H,18,24)(H,19,23)(H,20,21,22)/t12-/m1/s1. The minimum absolute atomic E-state index is 0.143. The number of para-hydroxylation sites is 1. The van der Waals surface area contributed by atoms with Crippen molar-refractivity contribution in [3.63, 3.8) is 0 Å². The van der Waals surface area contributed by atoms with Gasteiger partial charge in [-0.25, -0.2) is 4.98 Å². The number of hydrogen-bond donors (Lipinski definition) is 3. The number of thiazole rings is 1. The van der Waals surface area contributed by atoms with Crippen molar-refractivity contribution in [2.45, 2.75) is 31.7 Å². The van der Waals surface area contributed by atoms with Crippen LogP contribution in [0.4, 0.5) is 10.8 Å². The Morgan fingerprint density at radius 3 is 2.96 bits per heavy atom. The van der Waals surface area contributed by atoms with Crippen molar-refractivity contribution in [2.75, 3.05) is 10.6 Å². The second-order valence-corrected chi connectivity index (χ2v) is 7.14. The molecule has 4 rings (SSSR count). The second-order valence-electron chi connectivity index (χ2n) is 6.06. The molecule has 1 aliphatic heterocycles. The zero-order valence-electron chi connectivity index (χ0n) is 13.3. The second kappa shape index (κ2) is 6.29. The van der Waals surface area contributed by atoms with Gasteiger partial charge in [0.25, 0.3) is 5.91 Å². The van der Waals surface area contributed by atoms with Crippen LogP contribution in [0, 0.1) is 0 Å². The van der Waals surface area contributed by atoms with Gasteiger partial charge in [-0.05, 0) is 31.4 Å². The highest BCUT2D eigenvalue weighted by Gasteiger charge is 2.29. The van der Waals surface area contributed by atoms with E-state index in [0.29, 0.717) is 16.4 Å². The van der Waals surface area contributed by atoms with E-state index in [4.69, 9.17) is 0 Å². The molecular weight excluding hydrogens is 340 g/mol. The molecule has 0 saturated heterocycles. The Bertz CT molecular complexity index is 855. The molecule has 7 nitrogen and oxygen atoms in total. The minimum atomic E-state index is -0.924. The highest BCUT2D eigenvalue weighted by molar-refractivity contribution is 7.15. The van der Waals surface area contributed by atoms with E-state index < -0.39 is 11.9 Å². The third-order valence-corrected chi connectivity index (χ3v) is 5.36. The summed E-state index contributed by atoms with van der Waals surface area (Å²) in [6.45, 7) is 0. The molecule has 128 valence electrons. The summed E-state index contributed by atoms with van der Waals surface area (Å²) in [6.07, 6.45) is 2.91. The maximum absolute atomic E-state index is 12.3. The lowest BCUT2D eigenvalue weighted by Gasteiger charge is -2.13. The molecule has 1 aromatic heterocycles. The number of aromatic nitrogens is 1. The van der Waals surface area contributed by atoms with E-state index in [0.717, 1.165) is 25.0 Å². The molecule has 1 aliphatic carbocycles. The molecule has 3 amide bonds. The Kier molecular flexibility index (Phi) is 3.96. The smallest absolute Gasteiger partial charge is 0.254 e. The monoisotopic (exact) mass is 356 g/mol. The van der Waals surface area contributed by atoms with E-state index in [1.165, 1.54) is 16.2 Å². The lowest BCUT2D eigenvalue weighted by molar-refractivity contribution is -0.122. The zero-order chi connectivity index (χ0) is 17.4. The van der Waals surface area contributed by atoms with Crippen molar-refractivity contribution in [1.82, 2.24) is 10.3 Å². The number of anilines is 2. The minimum Gasteiger partial charge on any atom is -0.340 e. The summed E-state index contributed by atoms with van der Waals surface area (Å²) in [6, 6.07) is 5.82. The fourth-order valence-corrected chi connectivity index (χ4v) is 4.12. The average molecular weight is 356 g/mol. The van der Waals surface area contributed by atoms with Crippen LogP contribution in [0.5, 0.6) is 0 Å². The number of nitrogens with one attached hydrogen (secondary N) is 3. The molecule has 1 aromatic carbocycles. The first-order valence-corrected chi connectivity index (χ1v) is 8.91. The van der Waals surface area contributed by atoms with Gasteiger partial charge < -0.3 is 16.0 Å². The van der Waals surface area contributed by atoms with Gasteiger partial charge >= 0.3 is 0 Å². The molecule has 25 heavy (non-hydrogen) atoms. The molecule has 2 aromatic rings. The summed E-state index contributed by atoms with van der Waals surface area (Å²) in [5.41, 5.74) is 1.88. The Morgan fingerprint density at radius 2 is 2.12 bits per heavy atom. The lowest BCUT2D eigenvalue weighted by Crippen LogP contribution is -2.43. The normalized spacial score (nSPS) is 18.6. The number of hydrogen-bond acceptors (Lipinski definition) is 5. The van der Waals surface area contributed by atoms with Crippen LogP contribution in [-0.2, 0) is 22.4 Å². The fraction of sp³-hybridized carbons (Fsp3) is 0.294. The predicted octanol–water partition coefficient (Wildman–Crippen LogP) is 1.71. The van der Waals surface area contributed by atoms with E-state index in [9.17, 15) is 14.4 Å². The van der Waals surface area contributed by atoms with Gasteiger partial charge in [0, 0.05) is 4.88 Å². The van der Waals surface area contributed by atoms with Crippen LogP contribution < -0.4 is 16.0 Å². The number of amides is 3. The molecule has 3 N–H and O–H groups in total. The van der Waals surface area contributed by atoms with Gasteiger partial charge in [-0.15, -0.1) is 11.3 Å². The fourth-order valence-electron chi connectivity index (χ4n) is 3.05. The Balaban J connectivity index is 1.44. The Morgan fingerprint density at radius 1 is 1.28 bits per heavy atom. The van der Waals surface area contributed by atoms with Crippen LogP contribution in [-0.4, -0.2) is 28.7 Å². The van der Waals surface area contributed by atoms with Crippen LogP contribution >= 0.6 is 11.3 Å². The number of carbonyl (C=O) groups excluding carboxylic acids is 3. The number of aryl methyl sites for hydroxylation is 2. The molecule has 2 aliphatic rings. The van der Waals surface area contributed by atoms with Crippen LogP contribution in [0.2, 0.25) is 0 Å². The maximum atomic E-state index is 12.3. The number of fused-ring (bicyclic) bond motifs is 2. The van der Waals surface area contributed by atoms with E-state index in [2.05, 4.69) is 20.9 Å². The molecule has 2 heterocycles. The van der Waals surface area contributed by atoms with E-state index in [1.807, 2.05) is 0 Å². The van der Waals surface area contributed by atoms with Gasteiger partial charge in [0.1, 0.15) is 6.04 Å². The highest BCUT2D eigenvalue weighted by Crippen LogP contribution is 2.30. The topological polar surface area (TPSA) is 100 Å². The lowest BCUT2D eigenvalue weighted by atomic mass is 10.1. The SMILES string of the molecule is O=C(C[C@H]1NC(=O)c2ccccc2NC1=O)Nc1nc2c(s1)CCC2.